The lowest BCUT2D eigenvalue weighted by atomic mass is 9.64. The number of benzene rings is 2. The molecule has 130 valence electrons. The van der Waals surface area contributed by atoms with E-state index in [2.05, 4.69) is 4.72 Å². The first-order chi connectivity index (χ1) is 11.8. The lowest BCUT2D eigenvalue weighted by molar-refractivity contribution is -0.128. The van der Waals surface area contributed by atoms with E-state index in [1.165, 1.54) is 31.2 Å². The van der Waals surface area contributed by atoms with E-state index in [-0.39, 0.29) is 10.7 Å². The summed E-state index contributed by atoms with van der Waals surface area (Å²) in [5.41, 5.74) is 0.471. The molecular weight excluding hydrogens is 338 g/mol. The molecule has 0 unspecified atom stereocenters. The summed E-state index contributed by atoms with van der Waals surface area (Å²) in [6.07, 6.45) is 2.14. The maximum absolute atomic E-state index is 12.8. The van der Waals surface area contributed by atoms with E-state index in [1.54, 1.807) is 0 Å². The second-order valence-corrected chi connectivity index (χ2v) is 8.00. The second-order valence-electron chi connectivity index (χ2n) is 6.32. The number of amides is 1. The van der Waals surface area contributed by atoms with E-state index in [1.807, 2.05) is 30.3 Å². The van der Waals surface area contributed by atoms with Crippen LogP contribution in [-0.2, 0) is 20.2 Å². The lowest BCUT2D eigenvalue weighted by Crippen LogP contribution is -2.50. The zero-order chi connectivity index (χ0) is 18.1. The molecule has 5 nitrogen and oxygen atoms in total. The Morgan fingerprint density at radius 2 is 1.56 bits per heavy atom. The summed E-state index contributed by atoms with van der Waals surface area (Å²) in [6, 6.07) is 14.8. The van der Waals surface area contributed by atoms with Crippen molar-refractivity contribution in [2.75, 3.05) is 0 Å². The van der Waals surface area contributed by atoms with Gasteiger partial charge in [-0.2, -0.15) is 0 Å². The third kappa shape index (κ3) is 3.22. The molecule has 2 aromatic rings. The van der Waals surface area contributed by atoms with Gasteiger partial charge in [-0.05, 0) is 37.5 Å². The van der Waals surface area contributed by atoms with Crippen LogP contribution in [0.25, 0.3) is 0 Å². The first-order valence-corrected chi connectivity index (χ1v) is 9.57. The lowest BCUT2D eigenvalue weighted by Gasteiger charge is -2.40. The van der Waals surface area contributed by atoms with Gasteiger partial charge in [0, 0.05) is 5.56 Å². The van der Waals surface area contributed by atoms with Crippen molar-refractivity contribution in [3.8, 4) is 0 Å². The van der Waals surface area contributed by atoms with Crippen LogP contribution in [0.5, 0.6) is 0 Å². The highest BCUT2D eigenvalue weighted by atomic mass is 32.2. The van der Waals surface area contributed by atoms with E-state index in [9.17, 15) is 18.0 Å². The molecule has 0 bridgehead atoms. The normalized spacial score (nSPS) is 15.9. The Bertz CT molecular complexity index is 898. The molecule has 0 aromatic heterocycles. The highest BCUT2D eigenvalue weighted by Crippen LogP contribution is 2.44. The van der Waals surface area contributed by atoms with Crippen LogP contribution in [0, 0.1) is 0 Å². The van der Waals surface area contributed by atoms with Crippen LogP contribution in [0.1, 0.15) is 42.1 Å². The Hall–Kier alpha value is -2.47. The van der Waals surface area contributed by atoms with Crippen molar-refractivity contribution in [3.63, 3.8) is 0 Å². The first kappa shape index (κ1) is 17.4. The van der Waals surface area contributed by atoms with Gasteiger partial charge in [-0.3, -0.25) is 9.59 Å². The molecule has 0 aliphatic heterocycles. The van der Waals surface area contributed by atoms with E-state index < -0.39 is 21.3 Å². The SMILES string of the molecule is CC(=O)c1ccc(S(=O)(=O)NC(=O)C2(c3ccccc3)CCC2)cc1. The predicted octanol–water partition coefficient (Wildman–Crippen LogP) is 2.82. The zero-order valence-corrected chi connectivity index (χ0v) is 14.7. The quantitative estimate of drug-likeness (QED) is 0.835. The van der Waals surface area contributed by atoms with Crippen molar-refractivity contribution in [3.05, 3.63) is 65.7 Å². The van der Waals surface area contributed by atoms with Crippen LogP contribution in [0.15, 0.2) is 59.5 Å². The molecule has 1 aliphatic carbocycles. The van der Waals surface area contributed by atoms with Gasteiger partial charge in [-0.25, -0.2) is 13.1 Å². The van der Waals surface area contributed by atoms with Crippen molar-refractivity contribution in [2.24, 2.45) is 0 Å². The molecule has 1 fully saturated rings. The molecule has 1 saturated carbocycles. The monoisotopic (exact) mass is 357 g/mol. The van der Waals surface area contributed by atoms with Crippen LogP contribution in [0.4, 0.5) is 0 Å². The molecule has 6 heteroatoms. The number of hydrogen-bond donors (Lipinski definition) is 1. The number of sulfonamides is 1. The molecule has 1 amide bonds. The van der Waals surface area contributed by atoms with Crippen LogP contribution in [0.3, 0.4) is 0 Å². The van der Waals surface area contributed by atoms with Gasteiger partial charge in [0.2, 0.25) is 5.91 Å². The van der Waals surface area contributed by atoms with E-state index in [4.69, 9.17) is 0 Å². The fourth-order valence-electron chi connectivity index (χ4n) is 3.08. The molecule has 0 spiro atoms. The fraction of sp³-hybridized carbons (Fsp3) is 0.263. The highest BCUT2D eigenvalue weighted by Gasteiger charge is 2.46. The largest absolute Gasteiger partial charge is 0.295 e. The van der Waals surface area contributed by atoms with Crippen LogP contribution >= 0.6 is 0 Å². The van der Waals surface area contributed by atoms with Crippen LogP contribution in [0.2, 0.25) is 0 Å². The van der Waals surface area contributed by atoms with Crippen LogP contribution in [-0.4, -0.2) is 20.1 Å². The number of Topliss-reactive ketones (excluding diaryl/α,β-unsaturated/α-hetero) is 1. The van der Waals surface area contributed by atoms with Gasteiger partial charge in [0.05, 0.1) is 10.3 Å². The summed E-state index contributed by atoms with van der Waals surface area (Å²) in [4.78, 5) is 24.0. The highest BCUT2D eigenvalue weighted by molar-refractivity contribution is 7.90. The van der Waals surface area contributed by atoms with Gasteiger partial charge < -0.3 is 0 Å². The minimum atomic E-state index is -3.98. The molecule has 1 aliphatic rings. The Morgan fingerprint density at radius 3 is 2.04 bits per heavy atom. The van der Waals surface area contributed by atoms with Gasteiger partial charge in [0.1, 0.15) is 0 Å². The van der Waals surface area contributed by atoms with E-state index >= 15 is 0 Å². The van der Waals surface area contributed by atoms with Crippen molar-refractivity contribution < 1.29 is 18.0 Å². The molecular formula is C19H19NO4S. The summed E-state index contributed by atoms with van der Waals surface area (Å²) >= 11 is 0. The number of carbonyl (C=O) groups is 2. The molecule has 1 N–H and O–H groups in total. The van der Waals surface area contributed by atoms with Crippen molar-refractivity contribution >= 4 is 21.7 Å². The smallest absolute Gasteiger partial charge is 0.264 e. The fourth-order valence-corrected chi connectivity index (χ4v) is 4.13. The molecule has 25 heavy (non-hydrogen) atoms. The van der Waals surface area contributed by atoms with Gasteiger partial charge in [-0.1, -0.05) is 48.9 Å². The number of hydrogen-bond acceptors (Lipinski definition) is 4. The Labute approximate surface area is 147 Å². The average Bonchev–Trinajstić information content (AvgIpc) is 2.54. The molecule has 2 aromatic carbocycles. The van der Waals surface area contributed by atoms with Crippen LogP contribution < -0.4 is 4.72 Å². The molecule has 0 atom stereocenters. The second kappa shape index (κ2) is 6.44. The number of nitrogens with one attached hydrogen (secondary N) is 1. The average molecular weight is 357 g/mol. The predicted molar refractivity (Wildman–Crippen MR) is 93.7 cm³/mol. The topological polar surface area (TPSA) is 80.3 Å². The Morgan fingerprint density at radius 1 is 0.960 bits per heavy atom. The third-order valence-electron chi connectivity index (χ3n) is 4.77. The third-order valence-corrected chi connectivity index (χ3v) is 6.11. The van der Waals surface area contributed by atoms with Gasteiger partial charge in [0.25, 0.3) is 10.0 Å². The maximum atomic E-state index is 12.8. The van der Waals surface area contributed by atoms with Gasteiger partial charge in [0.15, 0.2) is 5.78 Å². The minimum absolute atomic E-state index is 0.0339. The number of carbonyl (C=O) groups excluding carboxylic acids is 2. The molecule has 3 rings (SSSR count). The van der Waals surface area contributed by atoms with Crippen molar-refractivity contribution in [1.29, 1.82) is 0 Å². The maximum Gasteiger partial charge on any atom is 0.264 e. The summed E-state index contributed by atoms with van der Waals surface area (Å²) in [5.74, 6) is -0.647. The molecule has 0 heterocycles. The van der Waals surface area contributed by atoms with Gasteiger partial charge in [-0.15, -0.1) is 0 Å². The van der Waals surface area contributed by atoms with Gasteiger partial charge >= 0.3 is 0 Å². The number of rotatable bonds is 5. The Balaban J connectivity index is 1.85. The minimum Gasteiger partial charge on any atom is -0.295 e. The molecule has 0 saturated heterocycles. The van der Waals surface area contributed by atoms with Crippen molar-refractivity contribution in [2.45, 2.75) is 36.5 Å². The van der Waals surface area contributed by atoms with E-state index in [0.29, 0.717) is 18.4 Å². The standard InChI is InChI=1S/C19H19NO4S/c1-14(21)15-8-10-17(11-9-15)25(23,24)20-18(22)19(12-5-13-19)16-6-3-2-4-7-16/h2-4,6-11H,5,12-13H2,1H3,(H,20,22). The summed E-state index contributed by atoms with van der Waals surface area (Å²) < 4.78 is 27.3. The summed E-state index contributed by atoms with van der Waals surface area (Å²) in [7, 11) is -3.98. The summed E-state index contributed by atoms with van der Waals surface area (Å²) in [5, 5.41) is 0. The van der Waals surface area contributed by atoms with Crippen molar-refractivity contribution in [1.82, 2.24) is 4.72 Å². The van der Waals surface area contributed by atoms with E-state index in [0.717, 1.165) is 12.0 Å². The number of ketones is 1. The zero-order valence-electron chi connectivity index (χ0n) is 13.9. The first-order valence-electron chi connectivity index (χ1n) is 8.09. The molecule has 0 radical (unpaired) electrons. The summed E-state index contributed by atoms with van der Waals surface area (Å²) in [6.45, 7) is 1.41. The Kier molecular flexibility index (Phi) is 4.47.